The van der Waals surface area contributed by atoms with Crippen molar-refractivity contribution in [2.24, 2.45) is 0 Å². The van der Waals surface area contributed by atoms with Gasteiger partial charge in [-0.2, -0.15) is 0 Å². The van der Waals surface area contributed by atoms with Crippen molar-refractivity contribution in [3.63, 3.8) is 0 Å². The van der Waals surface area contributed by atoms with Gasteiger partial charge in [0, 0.05) is 84.3 Å². The number of nitrogens with zero attached hydrogens (tertiary/aromatic N) is 3. The lowest BCUT2D eigenvalue weighted by molar-refractivity contribution is 0.0980. The molecule has 0 amide bonds. The second-order valence-corrected chi connectivity index (χ2v) is 14.6. The van der Waals surface area contributed by atoms with Crippen LogP contribution in [0.15, 0.2) is 72.8 Å². The fraction of sp³-hybridized carbons (Fsp3) is 0.349. The van der Waals surface area contributed by atoms with Crippen molar-refractivity contribution < 1.29 is 19.2 Å². The lowest BCUT2D eigenvalue weighted by Crippen LogP contribution is -2.27. The Labute approximate surface area is 318 Å². The van der Waals surface area contributed by atoms with E-state index in [4.69, 9.17) is 0 Å². The van der Waals surface area contributed by atoms with Gasteiger partial charge in [-0.3, -0.25) is 19.2 Å². The third-order valence-corrected chi connectivity index (χ3v) is 9.96. The van der Waals surface area contributed by atoms with E-state index in [0.717, 1.165) is 39.0 Å². The van der Waals surface area contributed by atoms with Gasteiger partial charge < -0.3 is 36.0 Å². The molecule has 2 aliphatic rings. The zero-order chi connectivity index (χ0) is 38.4. The molecule has 282 valence electrons. The Hall–Kier alpha value is -5.36. The van der Waals surface area contributed by atoms with Crippen molar-refractivity contribution in [3.8, 4) is 0 Å². The van der Waals surface area contributed by atoms with Gasteiger partial charge in [0.2, 0.25) is 0 Å². The summed E-state index contributed by atoms with van der Waals surface area (Å²) in [5, 5.41) is 13.5. The van der Waals surface area contributed by atoms with Crippen LogP contribution in [0.5, 0.6) is 0 Å². The van der Waals surface area contributed by atoms with Crippen molar-refractivity contribution in [1.29, 1.82) is 0 Å². The van der Waals surface area contributed by atoms with Gasteiger partial charge >= 0.3 is 0 Å². The number of benzene rings is 4. The molecule has 2 aliphatic carbocycles. The highest BCUT2D eigenvalue weighted by molar-refractivity contribution is 6.32. The van der Waals surface area contributed by atoms with Crippen LogP contribution >= 0.6 is 0 Å². The summed E-state index contributed by atoms with van der Waals surface area (Å²) < 4.78 is 0. The summed E-state index contributed by atoms with van der Waals surface area (Å²) in [5.41, 5.74) is 6.19. The summed E-state index contributed by atoms with van der Waals surface area (Å²) >= 11 is 0. The highest BCUT2D eigenvalue weighted by atomic mass is 16.1. The molecule has 0 atom stereocenters. The van der Waals surface area contributed by atoms with E-state index < -0.39 is 0 Å². The van der Waals surface area contributed by atoms with E-state index in [1.54, 1.807) is 24.3 Å². The average molecular weight is 730 g/mol. The first-order valence-corrected chi connectivity index (χ1v) is 18.7. The Bertz CT molecular complexity index is 1910. The maximum absolute atomic E-state index is 13.8. The highest BCUT2D eigenvalue weighted by Crippen LogP contribution is 2.37. The molecule has 0 aliphatic heterocycles. The van der Waals surface area contributed by atoms with Gasteiger partial charge in [-0.25, -0.2) is 0 Å². The Morgan fingerprint density at radius 1 is 0.389 bits per heavy atom. The number of anilines is 4. The molecule has 11 heteroatoms. The van der Waals surface area contributed by atoms with Gasteiger partial charge in [0.15, 0.2) is 23.1 Å². The summed E-state index contributed by atoms with van der Waals surface area (Å²) in [6.07, 6.45) is 1.67. The molecule has 0 spiro atoms. The van der Waals surface area contributed by atoms with E-state index in [1.165, 1.54) is 0 Å². The monoisotopic (exact) mass is 729 g/mol. The molecule has 4 aromatic carbocycles. The second kappa shape index (κ2) is 17.2. The largest absolute Gasteiger partial charge is 0.384 e. The lowest BCUT2D eigenvalue weighted by atomic mass is 9.82. The van der Waals surface area contributed by atoms with Crippen LogP contribution < -0.4 is 21.3 Å². The minimum Gasteiger partial charge on any atom is -0.384 e. The lowest BCUT2D eigenvalue weighted by Gasteiger charge is -2.24. The summed E-state index contributed by atoms with van der Waals surface area (Å²) in [5.74, 6) is -0.565. The summed E-state index contributed by atoms with van der Waals surface area (Å²) in [4.78, 5) is 61.3. The van der Waals surface area contributed by atoms with E-state index in [0.29, 0.717) is 93.4 Å². The topological polar surface area (TPSA) is 126 Å². The summed E-state index contributed by atoms with van der Waals surface area (Å²) in [7, 11) is 10.0. The molecule has 0 saturated carbocycles. The zero-order valence-electron chi connectivity index (χ0n) is 32.0. The highest BCUT2D eigenvalue weighted by Gasteiger charge is 2.35. The van der Waals surface area contributed by atoms with Crippen LogP contribution in [-0.4, -0.2) is 125 Å². The number of carbonyl (C=O) groups is 4. The van der Waals surface area contributed by atoms with Gasteiger partial charge in [0.1, 0.15) is 0 Å². The molecule has 0 unspecified atom stereocenters. The van der Waals surface area contributed by atoms with E-state index >= 15 is 0 Å². The first-order valence-electron chi connectivity index (χ1n) is 18.7. The van der Waals surface area contributed by atoms with Gasteiger partial charge in [-0.05, 0) is 85.4 Å². The van der Waals surface area contributed by atoms with Crippen LogP contribution in [0.1, 0.15) is 76.5 Å². The second-order valence-electron chi connectivity index (χ2n) is 14.6. The molecule has 54 heavy (non-hydrogen) atoms. The number of fused-ring (bicyclic) bond motifs is 4. The zero-order valence-corrected chi connectivity index (χ0v) is 32.0. The predicted octanol–water partition coefficient (Wildman–Crippen LogP) is 5.42. The summed E-state index contributed by atoms with van der Waals surface area (Å²) in [6.45, 7) is 5.86. The van der Waals surface area contributed by atoms with Gasteiger partial charge in [0.25, 0.3) is 0 Å². The number of carbonyl (C=O) groups excluding carboxylic acids is 4. The van der Waals surface area contributed by atoms with Gasteiger partial charge in [-0.1, -0.05) is 48.5 Å². The molecule has 0 heterocycles. The molecular weight excluding hydrogens is 679 g/mol. The fourth-order valence-electron chi connectivity index (χ4n) is 7.16. The molecule has 0 bridgehead atoms. The molecule has 0 fully saturated rings. The Morgan fingerprint density at radius 3 is 0.944 bits per heavy atom. The number of rotatable bonds is 18. The fourth-order valence-corrected chi connectivity index (χ4v) is 7.16. The van der Waals surface area contributed by atoms with E-state index in [1.807, 2.05) is 76.7 Å². The first kappa shape index (κ1) is 38.4. The maximum atomic E-state index is 13.8. The minimum absolute atomic E-state index is 0.140. The van der Waals surface area contributed by atoms with Crippen molar-refractivity contribution in [3.05, 3.63) is 117 Å². The quantitative estimate of drug-likeness (QED) is 0.0848. The number of hydrogen-bond acceptors (Lipinski definition) is 11. The number of ketones is 4. The smallest absolute Gasteiger partial charge is 0.196 e. The number of likely N-dealkylation sites (N-methyl/N-ethyl adjacent to an activating group) is 2. The third kappa shape index (κ3) is 8.23. The van der Waals surface area contributed by atoms with Crippen LogP contribution in [0.25, 0.3) is 0 Å². The van der Waals surface area contributed by atoms with Crippen LogP contribution in [0.3, 0.4) is 0 Å². The van der Waals surface area contributed by atoms with E-state index in [-0.39, 0.29) is 23.1 Å². The maximum Gasteiger partial charge on any atom is 0.196 e. The molecular formula is C43H51N7O4. The van der Waals surface area contributed by atoms with Crippen molar-refractivity contribution in [1.82, 2.24) is 14.7 Å². The predicted molar refractivity (Wildman–Crippen MR) is 217 cm³/mol. The first-order chi connectivity index (χ1) is 26.1. The molecule has 0 aromatic heterocycles. The van der Waals surface area contributed by atoms with Gasteiger partial charge in [0.05, 0.1) is 22.3 Å². The van der Waals surface area contributed by atoms with Crippen LogP contribution in [0.4, 0.5) is 22.7 Å². The van der Waals surface area contributed by atoms with Crippen molar-refractivity contribution in [2.75, 3.05) is 109 Å². The molecule has 0 radical (unpaired) electrons. The Balaban J connectivity index is 0.997. The van der Waals surface area contributed by atoms with Crippen molar-refractivity contribution in [2.45, 2.75) is 12.8 Å². The summed E-state index contributed by atoms with van der Waals surface area (Å²) in [6, 6.07) is 21.7. The molecule has 11 nitrogen and oxygen atoms in total. The molecule has 6 rings (SSSR count). The standard InChI is InChI=1S/C43H51N7O4/c1-48(2)26-22-46-34-18-8-14-30-38(34)42(53)28-12-6-16-32(36(28)40(30)51)44-20-10-24-50(5)25-11-21-45-33-17-7-13-29-37(33)41(52)31-15-9-19-35(39(31)43(29)54)47-23-27-49(3)4/h6-9,12-19,44-47H,10-11,20-27H2,1-5H3. The molecule has 4 aromatic rings. The molecule has 0 saturated heterocycles. The number of hydrogen-bond donors (Lipinski definition) is 4. The molecule has 4 N–H and O–H groups in total. The average Bonchev–Trinajstić information content (AvgIpc) is 3.15. The van der Waals surface area contributed by atoms with E-state index in [9.17, 15) is 19.2 Å². The Morgan fingerprint density at radius 2 is 0.667 bits per heavy atom. The van der Waals surface area contributed by atoms with Crippen LogP contribution in [0, 0.1) is 0 Å². The van der Waals surface area contributed by atoms with Crippen LogP contribution in [-0.2, 0) is 0 Å². The van der Waals surface area contributed by atoms with Gasteiger partial charge in [-0.15, -0.1) is 0 Å². The van der Waals surface area contributed by atoms with Crippen molar-refractivity contribution >= 4 is 45.9 Å². The number of nitrogens with one attached hydrogen (secondary N) is 4. The van der Waals surface area contributed by atoms with Crippen LogP contribution in [0.2, 0.25) is 0 Å². The SMILES string of the molecule is CN(C)CCNc1cccc2c1C(=O)c1cccc(NCCCN(C)CCCNc3cccc4c3C(=O)c3cccc(NCCN(C)C)c3C4=O)c1C2=O. The Kier molecular flexibility index (Phi) is 12.2. The normalized spacial score (nSPS) is 13.2. The van der Waals surface area contributed by atoms with E-state index in [2.05, 4.69) is 43.0 Å². The third-order valence-electron chi connectivity index (χ3n) is 9.96. The minimum atomic E-state index is -0.143.